The number of rotatable bonds is 6. The zero-order valence-corrected chi connectivity index (χ0v) is 26.0. The average molecular weight is 564 g/mol. The van der Waals surface area contributed by atoms with Gasteiger partial charge in [-0.1, -0.05) is 0 Å². The Bertz CT molecular complexity index is 907. The minimum absolute atomic E-state index is 0. The molecule has 0 fully saturated rings. The Kier molecular flexibility index (Phi) is 9.08. The summed E-state index contributed by atoms with van der Waals surface area (Å²) in [5.74, 6) is 0. The van der Waals surface area contributed by atoms with Gasteiger partial charge in [-0.15, -0.1) is 24.8 Å². The molecule has 0 unspecified atom stereocenters. The molecule has 1 aliphatic carbocycles. The molecule has 0 bridgehead atoms. The van der Waals surface area contributed by atoms with Crippen molar-refractivity contribution in [3.05, 3.63) is 59.7 Å². The Morgan fingerprint density at radius 3 is 1.77 bits per heavy atom. The van der Waals surface area contributed by atoms with Crippen LogP contribution in [0.2, 0.25) is 28.4 Å². The van der Waals surface area contributed by atoms with Crippen molar-refractivity contribution in [3.63, 3.8) is 0 Å². The van der Waals surface area contributed by atoms with E-state index in [4.69, 9.17) is 4.43 Å². The second-order valence-electron chi connectivity index (χ2n) is 11.1. The summed E-state index contributed by atoms with van der Waals surface area (Å²) in [7, 11) is -1.52. The molecular weight excluding hydrogens is 525 g/mol. The van der Waals surface area contributed by atoms with Crippen molar-refractivity contribution in [1.29, 1.82) is 0 Å². The first-order valence-corrected chi connectivity index (χ1v) is 26.6. The van der Waals surface area contributed by atoms with Gasteiger partial charge in [-0.2, -0.15) is 0 Å². The zero-order valence-electron chi connectivity index (χ0n) is 19.5. The number of benzene rings is 2. The molecule has 3 rings (SSSR count). The van der Waals surface area contributed by atoms with E-state index in [-0.39, 0.29) is 30.4 Å². The SMILES string of the molecule is CC(C)(C)[NH][Zr]([CH3])(=[SiH2])([CH2]CO[Si](C)(C)C)[CH]1c2ccccc2-c2ccccc21.Cl.Cl. The Balaban J connectivity index is 0.00000225. The molecule has 0 aromatic heterocycles. The summed E-state index contributed by atoms with van der Waals surface area (Å²) >= 11 is -3.50. The number of halogens is 2. The first-order valence-electron chi connectivity index (χ1n) is 10.5. The predicted octanol–water partition coefficient (Wildman–Crippen LogP) is 6.46. The second kappa shape index (κ2) is 9.63. The van der Waals surface area contributed by atoms with Crippen molar-refractivity contribution in [1.82, 2.24) is 3.26 Å². The third kappa shape index (κ3) is 6.19. The van der Waals surface area contributed by atoms with Crippen molar-refractivity contribution in [3.8, 4) is 11.1 Å². The smallest absolute Gasteiger partial charge is 0.147 e. The summed E-state index contributed by atoms with van der Waals surface area (Å²) in [6.07, 6.45) is 0. The van der Waals surface area contributed by atoms with Crippen LogP contribution in [-0.4, -0.2) is 27.3 Å². The van der Waals surface area contributed by atoms with E-state index < -0.39 is 26.0 Å². The number of nitrogens with one attached hydrogen (secondary N) is 1. The summed E-state index contributed by atoms with van der Waals surface area (Å²) in [5, 5.41) is 0. The topological polar surface area (TPSA) is 21.3 Å². The van der Waals surface area contributed by atoms with Gasteiger partial charge in [0, 0.05) is 0 Å². The molecule has 1 N–H and O–H groups in total. The minimum atomic E-state index is -3.50. The van der Waals surface area contributed by atoms with Crippen molar-refractivity contribution in [2.45, 2.75) is 58.3 Å². The van der Waals surface area contributed by atoms with E-state index in [0.29, 0.717) is 3.63 Å². The Labute approximate surface area is 199 Å². The van der Waals surface area contributed by atoms with Gasteiger partial charge in [-0.25, -0.2) is 0 Å². The average Bonchev–Trinajstić information content (AvgIpc) is 2.87. The monoisotopic (exact) mass is 561 g/mol. The van der Waals surface area contributed by atoms with Crippen LogP contribution in [0.25, 0.3) is 11.1 Å². The van der Waals surface area contributed by atoms with Gasteiger partial charge >= 0.3 is 176 Å². The third-order valence-corrected chi connectivity index (χ3v) is 25.7. The first-order chi connectivity index (χ1) is 12.8. The molecule has 30 heavy (non-hydrogen) atoms. The standard InChI is InChI=1S/C13H9.C5H13OSi.C4H10N.CH3.2ClH.H2Si.Zr/c1-3-7-12-10(5-1)9-11-6-2-4-8-13(11)12;1-5-6-7(2,3)4;1-4(2,3)5;;;;;/h1-9H;1,5H2,2-4H3;5H,1-3H3;1H3;2*1H;1H2;/q;;-1;;;;;+1. The number of fused-ring (bicyclic) bond motifs is 3. The maximum absolute atomic E-state index is 6.40. The van der Waals surface area contributed by atoms with E-state index in [0.717, 1.165) is 6.61 Å². The fourth-order valence-electron chi connectivity index (χ4n) is 5.10. The minimum Gasteiger partial charge on any atom is -0.147 e. The van der Waals surface area contributed by atoms with E-state index in [1.165, 1.54) is 26.4 Å². The number of hydrogen-bond acceptors (Lipinski definition) is 2. The summed E-state index contributed by atoms with van der Waals surface area (Å²) in [5.41, 5.74) is 6.00. The second-order valence-corrected chi connectivity index (χ2v) is 42.3. The molecule has 0 heterocycles. The Hall–Kier alpha value is 0.257. The molecule has 1 aliphatic rings. The molecule has 0 atom stereocenters. The van der Waals surface area contributed by atoms with Gasteiger partial charge in [0.25, 0.3) is 0 Å². The third-order valence-electron chi connectivity index (χ3n) is 5.76. The number of hydrogen-bond donors (Lipinski definition) is 1. The quantitative estimate of drug-likeness (QED) is 0.408. The molecule has 0 aliphatic heterocycles. The van der Waals surface area contributed by atoms with Crippen molar-refractivity contribution in [2.75, 3.05) is 6.61 Å². The molecule has 0 saturated carbocycles. The first kappa shape index (κ1) is 28.3. The molecule has 0 radical (unpaired) electrons. The van der Waals surface area contributed by atoms with Crippen LogP contribution in [0.5, 0.6) is 0 Å². The Morgan fingerprint density at radius 2 is 1.37 bits per heavy atom. The zero-order chi connectivity index (χ0) is 20.8. The van der Waals surface area contributed by atoms with Crippen LogP contribution in [0.1, 0.15) is 35.5 Å². The predicted molar refractivity (Wildman–Crippen MR) is 140 cm³/mol. The van der Waals surface area contributed by atoms with Gasteiger partial charge in [-0.05, 0) is 0 Å². The van der Waals surface area contributed by atoms with Crippen LogP contribution in [-0.2, 0) is 22.1 Å². The van der Waals surface area contributed by atoms with Gasteiger partial charge in [0.05, 0.1) is 0 Å². The molecule has 2 aromatic carbocycles. The molecule has 0 amide bonds. The van der Waals surface area contributed by atoms with Crippen LogP contribution in [0.15, 0.2) is 48.5 Å². The van der Waals surface area contributed by atoms with Crippen LogP contribution >= 0.6 is 24.8 Å². The van der Waals surface area contributed by atoms with Gasteiger partial charge in [0.2, 0.25) is 0 Å². The Morgan fingerprint density at radius 1 is 0.933 bits per heavy atom. The van der Waals surface area contributed by atoms with Crippen molar-refractivity contribution < 1.29 is 22.1 Å². The van der Waals surface area contributed by atoms with Crippen molar-refractivity contribution >= 4 is 40.0 Å². The van der Waals surface area contributed by atoms with E-state index in [1.54, 1.807) is 0 Å². The molecule has 7 heteroatoms. The van der Waals surface area contributed by atoms with Crippen LogP contribution in [0, 0.1) is 0 Å². The fraction of sp³-hybridized carbons (Fsp3) is 0.478. The summed E-state index contributed by atoms with van der Waals surface area (Å²) < 4.78 is 15.0. The summed E-state index contributed by atoms with van der Waals surface area (Å²) in [6, 6.07) is 18.1. The maximum atomic E-state index is 6.40. The molecule has 2 nitrogen and oxygen atoms in total. The summed E-state index contributed by atoms with van der Waals surface area (Å²) in [4.78, 5) is 0. The van der Waals surface area contributed by atoms with E-state index in [2.05, 4.69) is 104 Å². The molecule has 0 spiro atoms. The van der Waals surface area contributed by atoms with Crippen LogP contribution in [0.4, 0.5) is 0 Å². The van der Waals surface area contributed by atoms with E-state index in [1.807, 2.05) is 0 Å². The fourth-order valence-corrected chi connectivity index (χ4v) is 27.1. The van der Waals surface area contributed by atoms with E-state index in [9.17, 15) is 0 Å². The van der Waals surface area contributed by atoms with Gasteiger partial charge in [0.15, 0.2) is 0 Å². The largest absolute Gasteiger partial charge is 0.147 e. The molecule has 0 saturated heterocycles. The maximum Gasteiger partial charge on any atom is -0.147 e. The van der Waals surface area contributed by atoms with E-state index >= 15 is 0 Å². The molecule has 168 valence electrons. The van der Waals surface area contributed by atoms with Gasteiger partial charge in [-0.3, -0.25) is 0 Å². The normalized spacial score (nSPS) is 14.4. The summed E-state index contributed by atoms with van der Waals surface area (Å²) in [6.45, 7) is 17.1. The molecule has 2 aromatic rings. The van der Waals surface area contributed by atoms with Crippen LogP contribution in [0.3, 0.4) is 0 Å². The van der Waals surface area contributed by atoms with Crippen LogP contribution < -0.4 is 3.26 Å². The van der Waals surface area contributed by atoms with Crippen molar-refractivity contribution in [2.24, 2.45) is 0 Å². The molecular formula is C23H39Cl2NOSi2Zr. The van der Waals surface area contributed by atoms with Gasteiger partial charge < -0.3 is 0 Å². The van der Waals surface area contributed by atoms with Gasteiger partial charge in [0.1, 0.15) is 0 Å².